The summed E-state index contributed by atoms with van der Waals surface area (Å²) in [6, 6.07) is -0.128. The Balaban J connectivity index is 1.66. The predicted molar refractivity (Wildman–Crippen MR) is 140 cm³/mol. The lowest BCUT2D eigenvalue weighted by atomic mass is 9.57. The molecule has 1 saturated carbocycles. The van der Waals surface area contributed by atoms with E-state index in [1.807, 2.05) is 4.90 Å². The number of rotatable bonds is 5. The summed E-state index contributed by atoms with van der Waals surface area (Å²) in [5, 5.41) is 47.9. The number of amides is 2. The molecule has 2 amide bonds. The Morgan fingerprint density at radius 3 is 2.42 bits per heavy atom. The minimum Gasteiger partial charge on any atom is -0.508 e. The number of likely N-dealkylation sites (N-methyl/N-ethyl adjacent to an activating group) is 2. The van der Waals surface area contributed by atoms with Crippen molar-refractivity contribution in [2.45, 2.75) is 36.9 Å². The highest BCUT2D eigenvalue weighted by Gasteiger charge is 2.64. The lowest BCUT2D eigenvalue weighted by molar-refractivity contribution is -0.153. The van der Waals surface area contributed by atoms with Crippen LogP contribution in [0.4, 0.5) is 5.69 Å². The van der Waals surface area contributed by atoms with Crippen molar-refractivity contribution in [3.8, 4) is 11.5 Å². The third kappa shape index (κ3) is 3.64. The number of phenolic OH excluding ortho intramolecular Hbond substituents is 1. The van der Waals surface area contributed by atoms with Gasteiger partial charge in [0, 0.05) is 29.7 Å². The van der Waals surface area contributed by atoms with Crippen LogP contribution in [0.2, 0.25) is 0 Å². The van der Waals surface area contributed by atoms with E-state index < -0.39 is 69.8 Å². The number of ketones is 2. The first kappa shape index (κ1) is 27.6. The first-order valence-corrected chi connectivity index (χ1v) is 12.8. The number of carbonyl (C=O) groups excluding carboxylic acids is 4. The SMILES string of the molecule is COc1cc(NC(=O)[C@@H]2CCN2C)c(O)c2c1C[C@H]1C[C@H]3[C@H](N(C)C)C(=O)C(C(N)=O)=C(O)[C@@]3(O)C(=O)C1=C2O. The van der Waals surface area contributed by atoms with Gasteiger partial charge in [-0.2, -0.15) is 0 Å². The number of Topliss-reactive ketones (excluding diaryl/α,β-unsaturated/α-hetero) is 2. The summed E-state index contributed by atoms with van der Waals surface area (Å²) in [5.74, 6) is -7.60. The number of aliphatic hydroxyl groups is 3. The van der Waals surface area contributed by atoms with E-state index in [0.29, 0.717) is 12.0 Å². The third-order valence-electron chi connectivity index (χ3n) is 8.75. The van der Waals surface area contributed by atoms with E-state index in [1.54, 1.807) is 7.05 Å². The molecule has 13 heteroatoms. The zero-order chi connectivity index (χ0) is 29.4. The number of nitrogens with zero attached hydrogens (tertiary/aromatic N) is 2. The molecule has 0 bridgehead atoms. The molecule has 4 aliphatic rings. The van der Waals surface area contributed by atoms with Crippen molar-refractivity contribution >= 4 is 34.8 Å². The van der Waals surface area contributed by atoms with Crippen molar-refractivity contribution in [2.75, 3.05) is 40.1 Å². The van der Waals surface area contributed by atoms with Gasteiger partial charge in [-0.1, -0.05) is 0 Å². The van der Waals surface area contributed by atoms with E-state index in [-0.39, 0.29) is 41.3 Å². The van der Waals surface area contributed by atoms with Gasteiger partial charge < -0.3 is 36.2 Å². The maximum absolute atomic E-state index is 14.0. The van der Waals surface area contributed by atoms with Crippen LogP contribution in [-0.4, -0.2) is 106 Å². The van der Waals surface area contributed by atoms with E-state index in [4.69, 9.17) is 10.5 Å². The number of benzene rings is 1. The van der Waals surface area contributed by atoms with Gasteiger partial charge in [-0.25, -0.2) is 0 Å². The lowest BCUT2D eigenvalue weighted by Crippen LogP contribution is -2.65. The second-order valence-corrected chi connectivity index (χ2v) is 11.1. The first-order valence-electron chi connectivity index (χ1n) is 12.8. The van der Waals surface area contributed by atoms with Gasteiger partial charge in [0.25, 0.3) is 5.91 Å². The molecule has 214 valence electrons. The van der Waals surface area contributed by atoms with E-state index in [0.717, 1.165) is 6.54 Å². The van der Waals surface area contributed by atoms with Crippen LogP contribution < -0.4 is 15.8 Å². The number of primary amides is 1. The molecule has 5 atom stereocenters. The normalized spacial score (nSPS) is 29.9. The minimum absolute atomic E-state index is 0.0395. The largest absolute Gasteiger partial charge is 0.508 e. The number of hydrogen-bond donors (Lipinski definition) is 6. The second-order valence-electron chi connectivity index (χ2n) is 11.1. The molecule has 0 unspecified atom stereocenters. The summed E-state index contributed by atoms with van der Waals surface area (Å²) in [6.45, 7) is 0.747. The third-order valence-corrected chi connectivity index (χ3v) is 8.75. The summed E-state index contributed by atoms with van der Waals surface area (Å²) in [4.78, 5) is 55.3. The molecule has 1 aliphatic heterocycles. The minimum atomic E-state index is -2.73. The van der Waals surface area contributed by atoms with Crippen LogP contribution in [0.25, 0.3) is 5.76 Å². The van der Waals surface area contributed by atoms with Gasteiger partial charge in [-0.15, -0.1) is 0 Å². The Labute approximate surface area is 229 Å². The number of aromatic hydroxyl groups is 1. The van der Waals surface area contributed by atoms with Gasteiger partial charge in [0.05, 0.1) is 30.4 Å². The van der Waals surface area contributed by atoms with Crippen LogP contribution in [0.3, 0.4) is 0 Å². The van der Waals surface area contributed by atoms with Crippen molar-refractivity contribution < 1.29 is 44.3 Å². The Morgan fingerprint density at radius 2 is 1.90 bits per heavy atom. The van der Waals surface area contributed by atoms with Gasteiger partial charge >= 0.3 is 0 Å². The molecular formula is C27H32N4O9. The topological polar surface area (TPSA) is 203 Å². The highest BCUT2D eigenvalue weighted by molar-refractivity contribution is 6.24. The summed E-state index contributed by atoms with van der Waals surface area (Å²) in [5.41, 5.74) is 1.62. The van der Waals surface area contributed by atoms with Crippen molar-refractivity contribution in [3.05, 3.63) is 34.1 Å². The molecular weight excluding hydrogens is 524 g/mol. The number of nitrogens with two attached hydrogens (primary N) is 1. The molecule has 2 fully saturated rings. The second kappa shape index (κ2) is 9.32. The number of aliphatic hydroxyl groups excluding tert-OH is 2. The number of likely N-dealkylation sites (tertiary alicyclic amines) is 1. The van der Waals surface area contributed by atoms with E-state index in [9.17, 15) is 39.6 Å². The van der Waals surface area contributed by atoms with Crippen LogP contribution in [0.1, 0.15) is 24.0 Å². The molecule has 7 N–H and O–H groups in total. The fraction of sp³-hybridized carbons (Fsp3) is 0.481. The summed E-state index contributed by atoms with van der Waals surface area (Å²) < 4.78 is 5.52. The van der Waals surface area contributed by atoms with Crippen molar-refractivity contribution in [1.82, 2.24) is 9.80 Å². The molecule has 1 heterocycles. The number of methoxy groups -OCH3 is 1. The fourth-order valence-electron chi connectivity index (χ4n) is 6.62. The number of fused-ring (bicyclic) bond motifs is 3. The molecule has 0 aromatic heterocycles. The average molecular weight is 557 g/mol. The molecule has 1 aromatic carbocycles. The zero-order valence-electron chi connectivity index (χ0n) is 22.5. The highest BCUT2D eigenvalue weighted by Crippen LogP contribution is 2.54. The Kier molecular flexibility index (Phi) is 6.44. The number of ether oxygens (including phenoxy) is 1. The van der Waals surface area contributed by atoms with Crippen LogP contribution in [0.5, 0.6) is 11.5 Å². The predicted octanol–water partition coefficient (Wildman–Crippen LogP) is -0.385. The van der Waals surface area contributed by atoms with Crippen molar-refractivity contribution in [2.24, 2.45) is 17.6 Å². The molecule has 0 radical (unpaired) electrons. The number of nitrogens with one attached hydrogen (secondary N) is 1. The van der Waals surface area contributed by atoms with Gasteiger partial charge in [-0.3, -0.25) is 29.0 Å². The molecule has 1 aromatic rings. The van der Waals surface area contributed by atoms with Gasteiger partial charge in [0.15, 0.2) is 17.1 Å². The molecule has 1 saturated heterocycles. The standard InChI is InChI=1S/C27H32N4O9/c1-30(2)19-12-8-10-7-11-15(40-4)9-13(29-26(38)14-5-6-31(14)3)20(32)17(11)21(33)16(10)23(35)27(12,39)24(36)18(22(19)34)25(28)37/h9-10,12,14,19,32-33,36,39H,5-8H2,1-4H3,(H2,28,37)(H,29,38)/t10-,12-,14-,19-,27-/m0/s1. The van der Waals surface area contributed by atoms with Crippen molar-refractivity contribution in [3.63, 3.8) is 0 Å². The zero-order valence-corrected chi connectivity index (χ0v) is 22.5. The van der Waals surface area contributed by atoms with E-state index in [1.165, 1.54) is 32.2 Å². The molecule has 40 heavy (non-hydrogen) atoms. The summed E-state index contributed by atoms with van der Waals surface area (Å²) in [6.07, 6.45) is 0.671. The Morgan fingerprint density at radius 1 is 1.23 bits per heavy atom. The van der Waals surface area contributed by atoms with E-state index >= 15 is 0 Å². The lowest BCUT2D eigenvalue weighted by Gasteiger charge is -2.50. The smallest absolute Gasteiger partial charge is 0.255 e. The average Bonchev–Trinajstić information content (AvgIpc) is 2.86. The maximum atomic E-state index is 14.0. The monoisotopic (exact) mass is 556 g/mol. The summed E-state index contributed by atoms with van der Waals surface area (Å²) in [7, 11) is 6.24. The number of carbonyl (C=O) groups is 4. The van der Waals surface area contributed by atoms with E-state index in [2.05, 4.69) is 5.32 Å². The van der Waals surface area contributed by atoms with Gasteiger partial charge in [0.2, 0.25) is 11.7 Å². The quantitative estimate of drug-likeness (QED) is 0.204. The fourth-order valence-corrected chi connectivity index (χ4v) is 6.62. The number of hydrogen-bond acceptors (Lipinski definition) is 11. The van der Waals surface area contributed by atoms with Crippen molar-refractivity contribution in [1.29, 1.82) is 0 Å². The van der Waals surface area contributed by atoms with Gasteiger partial charge in [0.1, 0.15) is 22.8 Å². The maximum Gasteiger partial charge on any atom is 0.255 e. The van der Waals surface area contributed by atoms with Crippen LogP contribution in [0, 0.1) is 11.8 Å². The Bertz CT molecular complexity index is 1430. The molecule has 0 spiro atoms. The molecule has 5 rings (SSSR count). The molecule has 13 nitrogen and oxygen atoms in total. The highest BCUT2D eigenvalue weighted by atomic mass is 16.5. The number of anilines is 1. The summed E-state index contributed by atoms with van der Waals surface area (Å²) >= 11 is 0. The van der Waals surface area contributed by atoms with Crippen LogP contribution >= 0.6 is 0 Å². The van der Waals surface area contributed by atoms with Gasteiger partial charge in [-0.05, 0) is 46.3 Å². The number of phenols is 1. The molecule has 3 aliphatic carbocycles. The van der Waals surface area contributed by atoms with Crippen LogP contribution in [0.15, 0.2) is 23.0 Å². The Hall–Kier alpha value is -3.94. The van der Waals surface area contributed by atoms with Crippen LogP contribution in [-0.2, 0) is 25.6 Å². The first-order chi connectivity index (χ1) is 18.7.